The van der Waals surface area contributed by atoms with Crippen molar-refractivity contribution in [2.45, 2.75) is 0 Å². The van der Waals surface area contributed by atoms with Gasteiger partial charge in [0.05, 0.1) is 23.0 Å². The van der Waals surface area contributed by atoms with Crippen molar-refractivity contribution in [3.8, 4) is 17.3 Å². The van der Waals surface area contributed by atoms with E-state index < -0.39 is 0 Å². The molecule has 1 aromatic carbocycles. The summed E-state index contributed by atoms with van der Waals surface area (Å²) in [7, 11) is 1.56. The molecular formula is C11H7N5OS. The molecule has 2 aromatic rings. The number of nitriles is 2. The average Bonchev–Trinajstić information content (AvgIpc) is 2.82. The van der Waals surface area contributed by atoms with Crippen molar-refractivity contribution < 1.29 is 4.74 Å². The first-order valence-electron chi connectivity index (χ1n) is 4.85. The highest BCUT2D eigenvalue weighted by atomic mass is 32.1. The number of hydrogen-bond donors (Lipinski definition) is 1. The lowest BCUT2D eigenvalue weighted by Crippen LogP contribution is -1.95. The second-order valence-electron chi connectivity index (χ2n) is 3.16. The van der Waals surface area contributed by atoms with Crippen LogP contribution in [0.4, 0.5) is 5.69 Å². The molecule has 0 amide bonds. The largest absolute Gasteiger partial charge is 0.473 e. The van der Waals surface area contributed by atoms with Gasteiger partial charge in [-0.15, -0.1) is 0 Å². The van der Waals surface area contributed by atoms with Crippen molar-refractivity contribution >= 4 is 33.0 Å². The van der Waals surface area contributed by atoms with E-state index in [0.29, 0.717) is 10.9 Å². The molecule has 0 fully saturated rings. The monoisotopic (exact) mass is 257 g/mol. The highest BCUT2D eigenvalue weighted by Gasteiger charge is 2.04. The normalized spacial score (nSPS) is 9.28. The predicted octanol–water partition coefficient (Wildman–Crippen LogP) is 2.12. The van der Waals surface area contributed by atoms with E-state index >= 15 is 0 Å². The van der Waals surface area contributed by atoms with Gasteiger partial charge in [0.15, 0.2) is 0 Å². The Bertz CT molecular complexity index is 676. The van der Waals surface area contributed by atoms with Gasteiger partial charge in [-0.1, -0.05) is 11.3 Å². The number of thiazole rings is 1. The number of nitrogens with one attached hydrogen (secondary N) is 1. The van der Waals surface area contributed by atoms with Crippen LogP contribution in [0.2, 0.25) is 0 Å². The van der Waals surface area contributed by atoms with Gasteiger partial charge in [-0.05, 0) is 18.2 Å². The third-order valence-electron chi connectivity index (χ3n) is 2.05. The minimum atomic E-state index is -0.225. The van der Waals surface area contributed by atoms with Gasteiger partial charge in [-0.25, -0.2) is 4.98 Å². The Labute approximate surface area is 107 Å². The highest BCUT2D eigenvalue weighted by molar-refractivity contribution is 7.20. The Morgan fingerprint density at radius 1 is 1.44 bits per heavy atom. The molecule has 0 radical (unpaired) electrons. The molecule has 1 N–H and O–H groups in total. The van der Waals surface area contributed by atoms with Crippen LogP contribution in [0.25, 0.3) is 10.2 Å². The molecular weight excluding hydrogens is 250 g/mol. The van der Waals surface area contributed by atoms with Crippen LogP contribution in [-0.2, 0) is 0 Å². The van der Waals surface area contributed by atoms with Crippen molar-refractivity contribution in [2.24, 2.45) is 5.10 Å². The molecule has 6 nitrogen and oxygen atoms in total. The second kappa shape index (κ2) is 5.13. The van der Waals surface area contributed by atoms with Crippen molar-refractivity contribution in [1.29, 1.82) is 10.5 Å². The summed E-state index contributed by atoms with van der Waals surface area (Å²) in [5.74, 6) is 0. The number of ether oxygens (including phenoxy) is 1. The molecule has 1 aromatic heterocycles. The minimum absolute atomic E-state index is 0.225. The van der Waals surface area contributed by atoms with Crippen LogP contribution in [0.3, 0.4) is 0 Å². The first kappa shape index (κ1) is 11.8. The molecule has 88 valence electrons. The van der Waals surface area contributed by atoms with E-state index in [9.17, 15) is 0 Å². The van der Waals surface area contributed by atoms with Crippen LogP contribution < -0.4 is 10.2 Å². The summed E-state index contributed by atoms with van der Waals surface area (Å²) >= 11 is 1.41. The van der Waals surface area contributed by atoms with Gasteiger partial charge >= 0.3 is 0 Å². The number of methoxy groups -OCH3 is 1. The van der Waals surface area contributed by atoms with Crippen LogP contribution >= 0.6 is 11.3 Å². The summed E-state index contributed by atoms with van der Waals surface area (Å²) < 4.78 is 5.98. The smallest absolute Gasteiger partial charge is 0.274 e. The van der Waals surface area contributed by atoms with Gasteiger partial charge in [0.2, 0.25) is 5.71 Å². The first-order valence-corrected chi connectivity index (χ1v) is 5.67. The molecule has 0 bridgehead atoms. The van der Waals surface area contributed by atoms with Crippen molar-refractivity contribution in [2.75, 3.05) is 12.5 Å². The average molecular weight is 257 g/mol. The number of rotatable bonds is 3. The molecule has 0 unspecified atom stereocenters. The number of aromatic nitrogens is 1. The van der Waals surface area contributed by atoms with E-state index in [2.05, 4.69) is 15.5 Å². The van der Waals surface area contributed by atoms with E-state index in [4.69, 9.17) is 15.3 Å². The summed E-state index contributed by atoms with van der Waals surface area (Å²) in [6.45, 7) is 0. The molecule has 0 saturated carbocycles. The molecule has 7 heteroatoms. The predicted molar refractivity (Wildman–Crippen MR) is 68.5 cm³/mol. The fourth-order valence-corrected chi connectivity index (χ4v) is 2.08. The van der Waals surface area contributed by atoms with Gasteiger partial charge in [0.1, 0.15) is 12.1 Å². The van der Waals surface area contributed by atoms with E-state index in [1.54, 1.807) is 25.3 Å². The highest BCUT2D eigenvalue weighted by Crippen LogP contribution is 2.29. The van der Waals surface area contributed by atoms with Crippen LogP contribution in [0.1, 0.15) is 0 Å². The summed E-state index contributed by atoms with van der Waals surface area (Å²) in [6, 6.07) is 8.73. The SMILES string of the molecule is COc1nc2ccc(NN=C(C#N)C#N)cc2s1. The molecule has 0 spiro atoms. The molecule has 1 heterocycles. The maximum absolute atomic E-state index is 8.54. The van der Waals surface area contributed by atoms with Gasteiger partial charge in [-0.2, -0.15) is 15.6 Å². The Balaban J connectivity index is 2.28. The van der Waals surface area contributed by atoms with Crippen LogP contribution in [-0.4, -0.2) is 17.8 Å². The van der Waals surface area contributed by atoms with Crippen molar-refractivity contribution in [3.63, 3.8) is 0 Å². The topological polar surface area (TPSA) is 94.1 Å². The number of hydrogen-bond acceptors (Lipinski definition) is 7. The zero-order valence-electron chi connectivity index (χ0n) is 9.34. The number of hydrazone groups is 1. The lowest BCUT2D eigenvalue weighted by Gasteiger charge is -1.98. The zero-order chi connectivity index (χ0) is 13.0. The fraction of sp³-hybridized carbons (Fsp3) is 0.0909. The molecule has 2 rings (SSSR count). The third-order valence-corrected chi connectivity index (χ3v) is 3.03. The Morgan fingerprint density at radius 3 is 2.89 bits per heavy atom. The van der Waals surface area contributed by atoms with Gasteiger partial charge in [0, 0.05) is 0 Å². The van der Waals surface area contributed by atoms with Gasteiger partial charge < -0.3 is 4.74 Å². The van der Waals surface area contributed by atoms with Crippen molar-refractivity contribution in [3.05, 3.63) is 18.2 Å². The standard InChI is InChI=1S/C11H7N5OS/c1-17-11-14-9-3-2-7(4-10(9)18-11)15-16-8(5-12)6-13/h2-4,15H,1H3. The molecule has 0 aliphatic heterocycles. The molecule has 0 atom stereocenters. The summed E-state index contributed by atoms with van der Waals surface area (Å²) in [5.41, 5.74) is 3.93. The van der Waals surface area contributed by atoms with E-state index in [-0.39, 0.29) is 5.71 Å². The maximum atomic E-state index is 8.54. The number of benzene rings is 1. The van der Waals surface area contributed by atoms with Gasteiger partial charge in [0.25, 0.3) is 5.19 Å². The number of nitrogens with zero attached hydrogens (tertiary/aromatic N) is 4. The molecule has 0 aliphatic rings. The van der Waals surface area contributed by atoms with Crippen LogP contribution in [0.5, 0.6) is 5.19 Å². The van der Waals surface area contributed by atoms with Crippen LogP contribution in [0, 0.1) is 22.7 Å². The Morgan fingerprint density at radius 2 is 2.22 bits per heavy atom. The second-order valence-corrected chi connectivity index (χ2v) is 4.16. The Kier molecular flexibility index (Phi) is 3.37. The molecule has 18 heavy (non-hydrogen) atoms. The fourth-order valence-electron chi connectivity index (χ4n) is 1.26. The van der Waals surface area contributed by atoms with E-state index in [0.717, 1.165) is 10.2 Å². The third kappa shape index (κ3) is 2.37. The number of fused-ring (bicyclic) bond motifs is 1. The van der Waals surface area contributed by atoms with E-state index in [1.807, 2.05) is 12.1 Å². The van der Waals surface area contributed by atoms with E-state index in [1.165, 1.54) is 11.3 Å². The minimum Gasteiger partial charge on any atom is -0.473 e. The molecule has 0 aliphatic carbocycles. The first-order chi connectivity index (χ1) is 8.76. The quantitative estimate of drug-likeness (QED) is 0.671. The summed E-state index contributed by atoms with van der Waals surface area (Å²) in [6.07, 6.45) is 0. The van der Waals surface area contributed by atoms with Crippen molar-refractivity contribution in [1.82, 2.24) is 4.98 Å². The maximum Gasteiger partial charge on any atom is 0.274 e. The van der Waals surface area contributed by atoms with Crippen LogP contribution in [0.15, 0.2) is 23.3 Å². The lowest BCUT2D eigenvalue weighted by atomic mass is 10.3. The van der Waals surface area contributed by atoms with Gasteiger partial charge in [-0.3, -0.25) is 5.43 Å². The number of anilines is 1. The lowest BCUT2D eigenvalue weighted by molar-refractivity contribution is 0.413. The molecule has 0 saturated heterocycles. The summed E-state index contributed by atoms with van der Waals surface area (Å²) in [5, 5.41) is 21.3. The zero-order valence-corrected chi connectivity index (χ0v) is 10.2. The Hall–Kier alpha value is -2.64. The summed E-state index contributed by atoms with van der Waals surface area (Å²) in [4.78, 5) is 4.23.